The molecule has 1 heterocycles. The Balaban J connectivity index is 1.73. The lowest BCUT2D eigenvalue weighted by Gasteiger charge is -2.22. The second-order valence-electron chi connectivity index (χ2n) is 9.53. The minimum absolute atomic E-state index is 0.422. The zero-order valence-electron chi connectivity index (χ0n) is 21.3. The third-order valence-electron chi connectivity index (χ3n) is 6.19. The molecule has 1 aromatic carbocycles. The highest BCUT2D eigenvalue weighted by Gasteiger charge is 2.24. The highest BCUT2D eigenvalue weighted by molar-refractivity contribution is 5.55. The monoisotopic (exact) mass is 456 g/mol. The fourth-order valence-electron chi connectivity index (χ4n) is 4.11. The van der Waals surface area contributed by atoms with Gasteiger partial charge in [0.2, 0.25) is 5.85 Å². The molecule has 3 nitrogen and oxygen atoms in total. The Kier molecular flexibility index (Phi) is 13.1. The first-order chi connectivity index (χ1) is 16.0. The summed E-state index contributed by atoms with van der Waals surface area (Å²) in [5.41, 5.74) is 2.11. The Morgan fingerprint density at radius 1 is 0.727 bits per heavy atom. The third-order valence-corrected chi connectivity index (χ3v) is 6.19. The van der Waals surface area contributed by atoms with Crippen molar-refractivity contribution in [2.75, 3.05) is 0 Å². The lowest BCUT2D eigenvalue weighted by Crippen LogP contribution is -2.26. The van der Waals surface area contributed by atoms with Crippen molar-refractivity contribution in [1.29, 1.82) is 0 Å². The molecule has 33 heavy (non-hydrogen) atoms. The number of rotatable bonds is 18. The fourth-order valence-corrected chi connectivity index (χ4v) is 4.11. The summed E-state index contributed by atoms with van der Waals surface area (Å²) in [6.07, 6.45) is 21.3. The van der Waals surface area contributed by atoms with E-state index < -0.39 is 5.85 Å². The number of unbranched alkanes of at least 4 members (excludes halogenated alkanes) is 11. The number of aryl methyl sites for hydroxylation is 1. The van der Waals surface area contributed by atoms with Gasteiger partial charge in [-0.25, -0.2) is 9.97 Å². The Morgan fingerprint density at radius 2 is 1.24 bits per heavy atom. The van der Waals surface area contributed by atoms with Crippen molar-refractivity contribution in [3.05, 3.63) is 42.2 Å². The van der Waals surface area contributed by atoms with Crippen LogP contribution in [0, 0.1) is 0 Å². The van der Waals surface area contributed by atoms with Crippen LogP contribution in [-0.2, 0) is 6.42 Å². The van der Waals surface area contributed by atoms with Crippen LogP contribution >= 0.6 is 0 Å². The Labute approximate surface area is 201 Å². The minimum atomic E-state index is -1.64. The van der Waals surface area contributed by atoms with Crippen molar-refractivity contribution in [3.8, 4) is 17.1 Å². The number of halogens is 1. The van der Waals surface area contributed by atoms with Crippen LogP contribution in [0.2, 0.25) is 0 Å². The van der Waals surface area contributed by atoms with Crippen molar-refractivity contribution in [2.24, 2.45) is 0 Å². The standard InChI is InChI=1S/C29H45FN2O/c1-4-6-8-10-12-14-16-22-29(3,30)33-27-20-18-26(19-21-27)28-31-23-25(24-32-28)17-15-13-11-9-7-5-2/h18-21,23-24H,4-17,22H2,1-3H3. The van der Waals surface area contributed by atoms with Crippen LogP contribution in [0.5, 0.6) is 5.75 Å². The van der Waals surface area contributed by atoms with Gasteiger partial charge in [-0.15, -0.1) is 0 Å². The first-order valence-corrected chi connectivity index (χ1v) is 13.3. The van der Waals surface area contributed by atoms with Gasteiger partial charge in [-0.3, -0.25) is 0 Å². The van der Waals surface area contributed by atoms with E-state index in [0.717, 1.165) is 24.8 Å². The predicted molar refractivity (Wildman–Crippen MR) is 137 cm³/mol. The Hall–Kier alpha value is -1.97. The SMILES string of the molecule is CCCCCCCCCC(C)(F)Oc1ccc(-c2ncc(CCCCCCCC)cn2)cc1. The molecule has 0 spiro atoms. The van der Waals surface area contributed by atoms with Gasteiger partial charge in [0.25, 0.3) is 0 Å². The molecule has 0 N–H and O–H groups in total. The summed E-state index contributed by atoms with van der Waals surface area (Å²) in [6, 6.07) is 7.43. The van der Waals surface area contributed by atoms with Crippen molar-refractivity contribution in [1.82, 2.24) is 9.97 Å². The summed E-state index contributed by atoms with van der Waals surface area (Å²) in [4.78, 5) is 9.06. The molecule has 0 aliphatic heterocycles. The maximum absolute atomic E-state index is 14.8. The van der Waals surface area contributed by atoms with Gasteiger partial charge in [-0.1, -0.05) is 84.5 Å². The average molecular weight is 457 g/mol. The lowest BCUT2D eigenvalue weighted by molar-refractivity contribution is -0.0530. The maximum atomic E-state index is 14.8. The summed E-state index contributed by atoms with van der Waals surface area (Å²) >= 11 is 0. The second kappa shape index (κ2) is 15.8. The zero-order valence-corrected chi connectivity index (χ0v) is 21.3. The van der Waals surface area contributed by atoms with Crippen molar-refractivity contribution in [2.45, 2.75) is 123 Å². The van der Waals surface area contributed by atoms with Gasteiger partial charge in [0, 0.05) is 31.3 Å². The quantitative estimate of drug-likeness (QED) is 0.210. The number of nitrogens with zero attached hydrogens (tertiary/aromatic N) is 2. The van der Waals surface area contributed by atoms with E-state index in [1.54, 1.807) is 0 Å². The van der Waals surface area contributed by atoms with Crippen molar-refractivity contribution in [3.63, 3.8) is 0 Å². The van der Waals surface area contributed by atoms with E-state index in [9.17, 15) is 4.39 Å². The molecule has 0 saturated carbocycles. The fraction of sp³-hybridized carbons (Fsp3) is 0.655. The van der Waals surface area contributed by atoms with Gasteiger partial charge in [0.05, 0.1) is 0 Å². The van der Waals surface area contributed by atoms with E-state index in [1.807, 2.05) is 36.7 Å². The van der Waals surface area contributed by atoms with E-state index in [2.05, 4.69) is 23.8 Å². The Bertz CT molecular complexity index is 743. The first kappa shape index (κ1) is 27.3. The summed E-state index contributed by atoms with van der Waals surface area (Å²) in [5, 5.41) is 0. The predicted octanol–water partition coefficient (Wildman–Crippen LogP) is 9.25. The molecule has 1 unspecified atom stereocenters. The molecule has 1 atom stereocenters. The number of alkyl halides is 1. The molecule has 2 rings (SSSR count). The normalized spacial score (nSPS) is 13.1. The van der Waals surface area contributed by atoms with E-state index in [4.69, 9.17) is 4.74 Å². The number of hydrogen-bond donors (Lipinski definition) is 0. The Morgan fingerprint density at radius 3 is 1.82 bits per heavy atom. The van der Waals surface area contributed by atoms with Crippen LogP contribution in [-0.4, -0.2) is 15.8 Å². The van der Waals surface area contributed by atoms with E-state index in [-0.39, 0.29) is 0 Å². The van der Waals surface area contributed by atoms with E-state index >= 15 is 0 Å². The third kappa shape index (κ3) is 11.6. The van der Waals surface area contributed by atoms with Gasteiger partial charge < -0.3 is 4.74 Å². The van der Waals surface area contributed by atoms with Crippen LogP contribution in [0.4, 0.5) is 4.39 Å². The topological polar surface area (TPSA) is 35.0 Å². The second-order valence-corrected chi connectivity index (χ2v) is 9.53. The minimum Gasteiger partial charge on any atom is -0.458 e. The molecule has 2 aromatic rings. The molecule has 0 bridgehead atoms. The molecule has 4 heteroatoms. The van der Waals surface area contributed by atoms with Crippen molar-refractivity contribution < 1.29 is 9.13 Å². The number of hydrogen-bond acceptors (Lipinski definition) is 3. The van der Waals surface area contributed by atoms with Crippen LogP contribution in [0.15, 0.2) is 36.7 Å². The van der Waals surface area contributed by atoms with Gasteiger partial charge >= 0.3 is 0 Å². The van der Waals surface area contributed by atoms with Gasteiger partial charge in [-0.2, -0.15) is 4.39 Å². The molecule has 1 aromatic heterocycles. The molecular weight excluding hydrogens is 411 g/mol. The molecule has 0 aliphatic rings. The van der Waals surface area contributed by atoms with Crippen molar-refractivity contribution >= 4 is 0 Å². The summed E-state index contributed by atoms with van der Waals surface area (Å²) < 4.78 is 20.4. The summed E-state index contributed by atoms with van der Waals surface area (Å²) in [5.74, 6) is -0.398. The van der Waals surface area contributed by atoms with Crippen LogP contribution in [0.25, 0.3) is 11.4 Å². The number of ether oxygens (including phenoxy) is 1. The maximum Gasteiger partial charge on any atom is 0.245 e. The molecule has 0 saturated heterocycles. The zero-order chi connectivity index (χ0) is 23.8. The smallest absolute Gasteiger partial charge is 0.245 e. The lowest BCUT2D eigenvalue weighted by atomic mass is 10.1. The van der Waals surface area contributed by atoms with Gasteiger partial charge in [-0.05, 0) is 49.1 Å². The highest BCUT2D eigenvalue weighted by Crippen LogP contribution is 2.27. The first-order valence-electron chi connectivity index (χ1n) is 13.3. The summed E-state index contributed by atoms with van der Waals surface area (Å²) in [6.45, 7) is 6.00. The van der Waals surface area contributed by atoms with E-state index in [1.165, 1.54) is 83.1 Å². The molecule has 184 valence electrons. The molecule has 0 amide bonds. The summed E-state index contributed by atoms with van der Waals surface area (Å²) in [7, 11) is 0. The number of benzene rings is 1. The van der Waals surface area contributed by atoms with Crippen LogP contribution in [0.3, 0.4) is 0 Å². The molecular formula is C29H45FN2O. The average Bonchev–Trinajstić information content (AvgIpc) is 2.81. The van der Waals surface area contributed by atoms with Crippen LogP contribution < -0.4 is 4.74 Å². The molecule has 0 aliphatic carbocycles. The highest BCUT2D eigenvalue weighted by atomic mass is 19.2. The van der Waals surface area contributed by atoms with E-state index in [0.29, 0.717) is 18.0 Å². The number of aromatic nitrogens is 2. The van der Waals surface area contributed by atoms with Crippen LogP contribution in [0.1, 0.15) is 116 Å². The molecule has 0 radical (unpaired) electrons. The largest absolute Gasteiger partial charge is 0.458 e. The van der Waals surface area contributed by atoms with Gasteiger partial charge in [0.1, 0.15) is 5.75 Å². The molecule has 0 fully saturated rings. The van der Waals surface area contributed by atoms with Gasteiger partial charge in [0.15, 0.2) is 5.82 Å².